The summed E-state index contributed by atoms with van der Waals surface area (Å²) in [4.78, 5) is 14.2. The van der Waals surface area contributed by atoms with Gasteiger partial charge >= 0.3 is 0 Å². The van der Waals surface area contributed by atoms with Crippen LogP contribution in [-0.2, 0) is 14.6 Å². The number of nitrogens with one attached hydrogen (secondary N) is 1. The molecule has 0 unspecified atom stereocenters. The van der Waals surface area contributed by atoms with Crippen molar-refractivity contribution in [1.29, 1.82) is 0 Å². The fourth-order valence-corrected chi connectivity index (χ4v) is 3.02. The van der Waals surface area contributed by atoms with Crippen LogP contribution in [0.3, 0.4) is 0 Å². The molecule has 8 heteroatoms. The summed E-state index contributed by atoms with van der Waals surface area (Å²) in [6.07, 6.45) is 1.48. The molecule has 23 heavy (non-hydrogen) atoms. The molecule has 0 bridgehead atoms. The molecule has 1 fully saturated rings. The molecule has 0 aromatic heterocycles. The normalized spacial score (nSPS) is 18.2. The number of rotatable bonds is 5. The molecule has 0 spiro atoms. The molecule has 1 atom stereocenters. The Kier molecular flexibility index (Phi) is 7.31. The third-order valence-electron chi connectivity index (χ3n) is 3.66. The Morgan fingerprint density at radius 2 is 2.00 bits per heavy atom. The van der Waals surface area contributed by atoms with E-state index in [1.807, 2.05) is 11.8 Å². The number of benzene rings is 1. The van der Waals surface area contributed by atoms with E-state index < -0.39 is 9.84 Å². The highest BCUT2D eigenvalue weighted by atomic mass is 35.5. The number of sulfone groups is 1. The van der Waals surface area contributed by atoms with Crippen molar-refractivity contribution in [2.75, 3.05) is 32.5 Å². The number of carbonyl (C=O) groups excluding carboxylic acids is 1. The summed E-state index contributed by atoms with van der Waals surface area (Å²) in [6, 6.07) is 6.42. The van der Waals surface area contributed by atoms with Crippen molar-refractivity contribution in [3.8, 4) is 5.75 Å². The van der Waals surface area contributed by atoms with Crippen LogP contribution in [0.5, 0.6) is 5.75 Å². The molecule has 1 aromatic carbocycles. The number of hydrogen-bond donors (Lipinski definition) is 1. The van der Waals surface area contributed by atoms with Gasteiger partial charge in [0.2, 0.25) is 5.91 Å². The zero-order valence-corrected chi connectivity index (χ0v) is 15.0. The van der Waals surface area contributed by atoms with Crippen molar-refractivity contribution in [3.63, 3.8) is 0 Å². The molecular formula is C15H23ClN2O4S. The van der Waals surface area contributed by atoms with E-state index in [9.17, 15) is 13.2 Å². The van der Waals surface area contributed by atoms with Gasteiger partial charge in [-0.05, 0) is 31.2 Å². The Morgan fingerprint density at radius 1 is 1.35 bits per heavy atom. The van der Waals surface area contributed by atoms with Crippen molar-refractivity contribution in [2.45, 2.75) is 24.3 Å². The van der Waals surface area contributed by atoms with Crippen LogP contribution in [0.25, 0.3) is 0 Å². The van der Waals surface area contributed by atoms with E-state index >= 15 is 0 Å². The number of nitrogens with zero attached hydrogens (tertiary/aromatic N) is 1. The number of hydrogen-bond acceptors (Lipinski definition) is 5. The maximum Gasteiger partial charge on any atom is 0.226 e. The van der Waals surface area contributed by atoms with Crippen LogP contribution in [0.1, 0.15) is 13.3 Å². The molecule has 1 saturated heterocycles. The van der Waals surface area contributed by atoms with Gasteiger partial charge in [-0.2, -0.15) is 0 Å². The van der Waals surface area contributed by atoms with Gasteiger partial charge in [-0.3, -0.25) is 4.79 Å². The Hall–Kier alpha value is -1.31. The molecule has 6 nitrogen and oxygen atoms in total. The maximum atomic E-state index is 12.1. The van der Waals surface area contributed by atoms with Crippen molar-refractivity contribution in [2.24, 2.45) is 0 Å². The van der Waals surface area contributed by atoms with Gasteiger partial charge in [0.25, 0.3) is 0 Å². The van der Waals surface area contributed by atoms with Gasteiger partial charge in [0.05, 0.1) is 17.9 Å². The molecule has 1 amide bonds. The van der Waals surface area contributed by atoms with E-state index in [-0.39, 0.29) is 35.9 Å². The third kappa shape index (κ3) is 5.67. The molecule has 1 aliphatic heterocycles. The highest BCUT2D eigenvalue weighted by Gasteiger charge is 2.22. The third-order valence-corrected chi connectivity index (χ3v) is 4.79. The minimum Gasteiger partial charge on any atom is -0.493 e. The van der Waals surface area contributed by atoms with Crippen molar-refractivity contribution >= 4 is 28.2 Å². The molecule has 1 heterocycles. The summed E-state index contributed by atoms with van der Waals surface area (Å²) >= 11 is 0. The molecule has 0 radical (unpaired) electrons. The number of piperazine rings is 1. The summed E-state index contributed by atoms with van der Waals surface area (Å²) < 4.78 is 28.2. The minimum absolute atomic E-state index is 0. The number of ether oxygens (including phenoxy) is 1. The summed E-state index contributed by atoms with van der Waals surface area (Å²) in [6.45, 7) is 4.68. The zero-order valence-electron chi connectivity index (χ0n) is 13.3. The van der Waals surface area contributed by atoms with Crippen LogP contribution in [0.4, 0.5) is 0 Å². The van der Waals surface area contributed by atoms with Crippen LogP contribution in [-0.4, -0.2) is 57.8 Å². The van der Waals surface area contributed by atoms with E-state index in [4.69, 9.17) is 4.74 Å². The van der Waals surface area contributed by atoms with E-state index in [2.05, 4.69) is 5.32 Å². The second-order valence-electron chi connectivity index (χ2n) is 5.48. The highest BCUT2D eigenvalue weighted by molar-refractivity contribution is 7.90. The first-order valence-electron chi connectivity index (χ1n) is 7.31. The summed E-state index contributed by atoms with van der Waals surface area (Å²) in [7, 11) is -3.20. The molecule has 0 aliphatic carbocycles. The fraction of sp³-hybridized carbons (Fsp3) is 0.533. The summed E-state index contributed by atoms with van der Waals surface area (Å²) in [5, 5.41) is 3.24. The smallest absolute Gasteiger partial charge is 0.226 e. The quantitative estimate of drug-likeness (QED) is 0.849. The molecule has 1 aromatic rings. The van der Waals surface area contributed by atoms with Crippen LogP contribution in [0, 0.1) is 0 Å². The lowest BCUT2D eigenvalue weighted by molar-refractivity contribution is -0.134. The minimum atomic E-state index is -3.20. The SMILES string of the molecule is C[C@@H]1CNCCN1C(=O)CCOc1ccc(S(C)(=O)=O)cc1.Cl. The van der Waals surface area contributed by atoms with Gasteiger partial charge in [-0.25, -0.2) is 8.42 Å². The fourth-order valence-electron chi connectivity index (χ4n) is 2.39. The molecule has 2 rings (SSSR count). The molecule has 1 aliphatic rings. The van der Waals surface area contributed by atoms with E-state index in [1.54, 1.807) is 12.1 Å². The monoisotopic (exact) mass is 362 g/mol. The first-order valence-corrected chi connectivity index (χ1v) is 9.20. The first-order chi connectivity index (χ1) is 10.4. The van der Waals surface area contributed by atoms with Gasteiger partial charge in [-0.1, -0.05) is 0 Å². The van der Waals surface area contributed by atoms with E-state index in [0.29, 0.717) is 12.2 Å². The Bertz CT molecular complexity index is 619. The Labute approximate surface area is 143 Å². The maximum absolute atomic E-state index is 12.1. The number of amides is 1. The van der Waals surface area contributed by atoms with Gasteiger partial charge in [0.1, 0.15) is 5.75 Å². The van der Waals surface area contributed by atoms with Gasteiger partial charge in [-0.15, -0.1) is 12.4 Å². The number of halogens is 1. The van der Waals surface area contributed by atoms with Crippen molar-refractivity contribution in [3.05, 3.63) is 24.3 Å². The highest BCUT2D eigenvalue weighted by Crippen LogP contribution is 2.16. The van der Waals surface area contributed by atoms with E-state index in [0.717, 1.165) is 25.9 Å². The second kappa shape index (κ2) is 8.52. The lowest BCUT2D eigenvalue weighted by atomic mass is 10.2. The first kappa shape index (κ1) is 19.7. The molecule has 130 valence electrons. The van der Waals surface area contributed by atoms with Crippen LogP contribution in [0.2, 0.25) is 0 Å². The van der Waals surface area contributed by atoms with E-state index in [1.165, 1.54) is 12.1 Å². The number of carbonyl (C=O) groups is 1. The average Bonchev–Trinajstić information content (AvgIpc) is 2.47. The summed E-state index contributed by atoms with van der Waals surface area (Å²) in [5.41, 5.74) is 0. The lowest BCUT2D eigenvalue weighted by Gasteiger charge is -2.34. The van der Waals surface area contributed by atoms with Crippen LogP contribution in [0.15, 0.2) is 29.2 Å². The van der Waals surface area contributed by atoms with Gasteiger partial charge in [0.15, 0.2) is 9.84 Å². The van der Waals surface area contributed by atoms with Gasteiger partial charge < -0.3 is 15.0 Å². The topological polar surface area (TPSA) is 75.7 Å². The predicted molar refractivity (Wildman–Crippen MR) is 91.0 cm³/mol. The Balaban J connectivity index is 0.00000264. The average molecular weight is 363 g/mol. The van der Waals surface area contributed by atoms with Crippen molar-refractivity contribution < 1.29 is 17.9 Å². The largest absolute Gasteiger partial charge is 0.493 e. The standard InChI is InChI=1S/C15H22N2O4S.ClH/c1-12-11-16-8-9-17(12)15(18)7-10-21-13-3-5-14(6-4-13)22(2,19)20;/h3-6,12,16H,7-11H2,1-2H3;1H/t12-;/m1./s1. The zero-order chi connectivity index (χ0) is 16.2. The van der Waals surface area contributed by atoms with Crippen LogP contribution < -0.4 is 10.1 Å². The second-order valence-corrected chi connectivity index (χ2v) is 7.50. The van der Waals surface area contributed by atoms with Crippen molar-refractivity contribution in [1.82, 2.24) is 10.2 Å². The molecule has 1 N–H and O–H groups in total. The summed E-state index contributed by atoms with van der Waals surface area (Å²) in [5.74, 6) is 0.648. The predicted octanol–water partition coefficient (Wildman–Crippen LogP) is 1.10. The molecule has 0 saturated carbocycles. The Morgan fingerprint density at radius 3 is 2.57 bits per heavy atom. The lowest BCUT2D eigenvalue weighted by Crippen LogP contribution is -2.52. The van der Waals surface area contributed by atoms with Gasteiger partial charge in [0, 0.05) is 31.9 Å². The molecular weight excluding hydrogens is 340 g/mol. The van der Waals surface area contributed by atoms with Crippen LogP contribution >= 0.6 is 12.4 Å².